The Morgan fingerprint density at radius 3 is 2.75 bits per heavy atom. The van der Waals surface area contributed by atoms with Crippen molar-refractivity contribution in [1.82, 2.24) is 15.2 Å². The summed E-state index contributed by atoms with van der Waals surface area (Å²) >= 11 is 1.67. The van der Waals surface area contributed by atoms with E-state index in [0.29, 0.717) is 0 Å². The fraction of sp³-hybridized carbons (Fsp3) is 0.0667. The summed E-state index contributed by atoms with van der Waals surface area (Å²) in [4.78, 5) is 1.14. The molecule has 0 unspecified atom stereocenters. The van der Waals surface area contributed by atoms with E-state index >= 15 is 0 Å². The van der Waals surface area contributed by atoms with Crippen molar-refractivity contribution in [3.8, 4) is 16.3 Å². The Balaban J connectivity index is 2.08. The molecule has 5 heteroatoms. The Hall–Kier alpha value is -2.40. The number of rotatable bonds is 4. The first-order valence-electron chi connectivity index (χ1n) is 6.27. The van der Waals surface area contributed by atoms with Gasteiger partial charge in [-0.05, 0) is 23.6 Å². The fourth-order valence-electron chi connectivity index (χ4n) is 1.93. The first-order valence-corrected chi connectivity index (χ1v) is 7.15. The first-order chi connectivity index (χ1) is 9.88. The topological polar surface area (TPSA) is 42.2 Å². The minimum absolute atomic E-state index is 0.947. The van der Waals surface area contributed by atoms with Crippen LogP contribution < -0.4 is 5.43 Å². The quantitative estimate of drug-likeness (QED) is 0.590. The maximum absolute atomic E-state index is 4.68. The maximum atomic E-state index is 4.68. The number of nitrogens with one attached hydrogen (secondary N) is 1. The van der Waals surface area contributed by atoms with Crippen molar-refractivity contribution in [2.45, 2.75) is 0 Å². The standard InChI is InChI=1S/C15H14N4S/c1-16-17-10-12-11-19(13-6-3-2-4-7-13)18-15(12)14-8-5-9-20-14/h2-11,16H,1H3. The molecule has 1 N–H and O–H groups in total. The normalized spacial score (nSPS) is 11.1. The monoisotopic (exact) mass is 282 g/mol. The molecule has 0 atom stereocenters. The van der Waals surface area contributed by atoms with Crippen LogP contribution in [-0.2, 0) is 0 Å². The van der Waals surface area contributed by atoms with Crippen molar-refractivity contribution < 1.29 is 0 Å². The van der Waals surface area contributed by atoms with E-state index in [-0.39, 0.29) is 0 Å². The van der Waals surface area contributed by atoms with Gasteiger partial charge in [-0.2, -0.15) is 10.2 Å². The molecule has 0 fully saturated rings. The van der Waals surface area contributed by atoms with Gasteiger partial charge in [-0.1, -0.05) is 24.3 Å². The molecule has 3 rings (SSSR count). The third-order valence-corrected chi connectivity index (χ3v) is 3.73. The largest absolute Gasteiger partial charge is 0.313 e. The Kier molecular flexibility index (Phi) is 3.60. The van der Waals surface area contributed by atoms with Gasteiger partial charge in [0, 0.05) is 18.8 Å². The molecular formula is C15H14N4S. The molecule has 20 heavy (non-hydrogen) atoms. The van der Waals surface area contributed by atoms with Crippen LogP contribution in [0.4, 0.5) is 0 Å². The molecular weight excluding hydrogens is 268 g/mol. The average Bonchev–Trinajstić information content (AvgIpc) is 3.15. The van der Waals surface area contributed by atoms with Gasteiger partial charge >= 0.3 is 0 Å². The lowest BCUT2D eigenvalue weighted by molar-refractivity contribution is 0.885. The van der Waals surface area contributed by atoms with E-state index in [1.165, 1.54) is 0 Å². The number of aromatic nitrogens is 2. The molecule has 3 aromatic rings. The van der Waals surface area contributed by atoms with Crippen LogP contribution in [0.25, 0.3) is 16.3 Å². The van der Waals surface area contributed by atoms with E-state index in [0.717, 1.165) is 21.8 Å². The molecule has 100 valence electrons. The first kappa shape index (κ1) is 12.6. The van der Waals surface area contributed by atoms with Crippen molar-refractivity contribution in [2.24, 2.45) is 5.10 Å². The van der Waals surface area contributed by atoms with Crippen LogP contribution in [0.15, 0.2) is 59.1 Å². The van der Waals surface area contributed by atoms with Crippen molar-refractivity contribution in [3.63, 3.8) is 0 Å². The summed E-state index contributed by atoms with van der Waals surface area (Å²) in [5.41, 5.74) is 5.75. The van der Waals surface area contributed by atoms with Crippen LogP contribution in [-0.4, -0.2) is 23.0 Å². The van der Waals surface area contributed by atoms with Crippen LogP contribution in [0, 0.1) is 0 Å². The van der Waals surface area contributed by atoms with Gasteiger partial charge in [0.05, 0.1) is 16.8 Å². The zero-order chi connectivity index (χ0) is 13.8. The maximum Gasteiger partial charge on any atom is 0.112 e. The molecule has 0 aliphatic heterocycles. The molecule has 0 aliphatic carbocycles. The highest BCUT2D eigenvalue weighted by molar-refractivity contribution is 7.13. The van der Waals surface area contributed by atoms with Gasteiger partial charge in [0.15, 0.2) is 0 Å². The van der Waals surface area contributed by atoms with E-state index in [2.05, 4.69) is 27.1 Å². The van der Waals surface area contributed by atoms with Gasteiger partial charge in [-0.25, -0.2) is 4.68 Å². The smallest absolute Gasteiger partial charge is 0.112 e. The van der Waals surface area contributed by atoms with Crippen LogP contribution in [0.2, 0.25) is 0 Å². The highest BCUT2D eigenvalue weighted by Gasteiger charge is 2.11. The van der Waals surface area contributed by atoms with Crippen LogP contribution in [0.1, 0.15) is 5.56 Å². The highest BCUT2D eigenvalue weighted by atomic mass is 32.1. The zero-order valence-corrected chi connectivity index (χ0v) is 11.8. The van der Waals surface area contributed by atoms with Gasteiger partial charge in [0.1, 0.15) is 5.69 Å². The lowest BCUT2D eigenvalue weighted by Crippen LogP contribution is -1.94. The number of hydrazone groups is 1. The van der Waals surface area contributed by atoms with Crippen LogP contribution in [0.3, 0.4) is 0 Å². The highest BCUT2D eigenvalue weighted by Crippen LogP contribution is 2.26. The van der Waals surface area contributed by atoms with E-state index in [9.17, 15) is 0 Å². The molecule has 0 saturated heterocycles. The summed E-state index contributed by atoms with van der Waals surface area (Å²) in [7, 11) is 1.78. The third kappa shape index (κ3) is 2.48. The molecule has 0 aliphatic rings. The Morgan fingerprint density at radius 2 is 2.05 bits per heavy atom. The Labute approximate surface area is 121 Å². The van der Waals surface area contributed by atoms with E-state index in [4.69, 9.17) is 0 Å². The number of benzene rings is 1. The minimum Gasteiger partial charge on any atom is -0.313 e. The Morgan fingerprint density at radius 1 is 1.20 bits per heavy atom. The molecule has 2 heterocycles. The van der Waals surface area contributed by atoms with Gasteiger partial charge in [-0.15, -0.1) is 11.3 Å². The lowest BCUT2D eigenvalue weighted by atomic mass is 10.2. The SMILES string of the molecule is CNN=Cc1cn(-c2ccccc2)nc1-c1cccs1. The van der Waals surface area contributed by atoms with Gasteiger partial charge < -0.3 is 5.43 Å². The van der Waals surface area contributed by atoms with E-state index in [1.807, 2.05) is 47.3 Å². The van der Waals surface area contributed by atoms with Crippen LogP contribution in [0.5, 0.6) is 0 Å². The predicted molar refractivity (Wildman–Crippen MR) is 83.5 cm³/mol. The van der Waals surface area contributed by atoms with Gasteiger partial charge in [0.2, 0.25) is 0 Å². The molecule has 0 spiro atoms. The summed E-state index contributed by atoms with van der Waals surface area (Å²) in [5, 5.41) is 10.8. The number of hydrogen-bond acceptors (Lipinski definition) is 4. The summed E-state index contributed by atoms with van der Waals surface area (Å²) in [6.07, 6.45) is 3.78. The molecule has 2 aromatic heterocycles. The van der Waals surface area contributed by atoms with Gasteiger partial charge in [-0.3, -0.25) is 0 Å². The molecule has 4 nitrogen and oxygen atoms in total. The van der Waals surface area contributed by atoms with Crippen molar-refractivity contribution >= 4 is 17.6 Å². The number of nitrogens with zero attached hydrogens (tertiary/aromatic N) is 3. The Bertz CT molecular complexity index is 699. The second kappa shape index (κ2) is 5.71. The van der Waals surface area contributed by atoms with Crippen LogP contribution >= 0.6 is 11.3 Å². The van der Waals surface area contributed by atoms with E-state index in [1.54, 1.807) is 24.6 Å². The second-order valence-corrected chi connectivity index (χ2v) is 5.12. The van der Waals surface area contributed by atoms with Crippen molar-refractivity contribution in [2.75, 3.05) is 7.05 Å². The van der Waals surface area contributed by atoms with E-state index < -0.39 is 0 Å². The summed E-state index contributed by atoms with van der Waals surface area (Å²) < 4.78 is 1.88. The number of thiophene rings is 1. The number of hydrogen-bond donors (Lipinski definition) is 1. The van der Waals surface area contributed by atoms with Gasteiger partial charge in [0.25, 0.3) is 0 Å². The van der Waals surface area contributed by atoms with Crippen molar-refractivity contribution in [1.29, 1.82) is 0 Å². The molecule has 0 saturated carbocycles. The molecule has 1 aromatic carbocycles. The summed E-state index contributed by atoms with van der Waals surface area (Å²) in [6, 6.07) is 14.2. The predicted octanol–water partition coefficient (Wildman–Crippen LogP) is 3.15. The lowest BCUT2D eigenvalue weighted by Gasteiger charge is -1.98. The average molecular weight is 282 g/mol. The molecule has 0 amide bonds. The second-order valence-electron chi connectivity index (χ2n) is 4.17. The summed E-state index contributed by atoms with van der Waals surface area (Å²) in [5.74, 6) is 0. The summed E-state index contributed by atoms with van der Waals surface area (Å²) in [6.45, 7) is 0. The fourth-order valence-corrected chi connectivity index (χ4v) is 2.66. The zero-order valence-electron chi connectivity index (χ0n) is 11.0. The third-order valence-electron chi connectivity index (χ3n) is 2.85. The molecule has 0 bridgehead atoms. The minimum atomic E-state index is 0.947. The van der Waals surface area contributed by atoms with Crippen molar-refractivity contribution in [3.05, 3.63) is 59.6 Å². The number of para-hydroxylation sites is 1. The molecule has 0 radical (unpaired) electrons.